The van der Waals surface area contributed by atoms with Crippen molar-refractivity contribution < 1.29 is 0 Å². The van der Waals surface area contributed by atoms with Crippen LogP contribution in [0.15, 0.2) is 55.1 Å². The van der Waals surface area contributed by atoms with Gasteiger partial charge < -0.3 is 0 Å². The Morgan fingerprint density at radius 3 is 2.47 bits per heavy atom. The van der Waals surface area contributed by atoms with Crippen molar-refractivity contribution >= 4 is 6.08 Å². The molecule has 86 valence electrons. The van der Waals surface area contributed by atoms with E-state index in [4.69, 9.17) is 0 Å². The van der Waals surface area contributed by atoms with Gasteiger partial charge in [-0.05, 0) is 28.2 Å². The van der Waals surface area contributed by atoms with E-state index >= 15 is 0 Å². The molecule has 0 aliphatic carbocycles. The SMILES string of the molecule is C=Cc1ccccc1-c1cccc(C(C)C)c1. The molecule has 0 atom stereocenters. The summed E-state index contributed by atoms with van der Waals surface area (Å²) in [5.41, 5.74) is 5.09. The third kappa shape index (κ3) is 2.47. The van der Waals surface area contributed by atoms with Crippen LogP contribution in [0.5, 0.6) is 0 Å². The average molecular weight is 222 g/mol. The molecule has 0 heterocycles. The third-order valence-corrected chi connectivity index (χ3v) is 3.05. The molecule has 0 saturated heterocycles. The first-order chi connectivity index (χ1) is 8.22. The molecule has 0 fully saturated rings. The van der Waals surface area contributed by atoms with E-state index in [9.17, 15) is 0 Å². The molecule has 2 aromatic carbocycles. The largest absolute Gasteiger partial charge is 0.0984 e. The molecule has 0 aliphatic rings. The lowest BCUT2D eigenvalue weighted by Crippen LogP contribution is -1.89. The molecule has 0 radical (unpaired) electrons. The normalized spacial score (nSPS) is 10.5. The van der Waals surface area contributed by atoms with E-state index in [1.165, 1.54) is 22.3 Å². The molecular weight excluding hydrogens is 204 g/mol. The van der Waals surface area contributed by atoms with Crippen molar-refractivity contribution in [2.45, 2.75) is 19.8 Å². The summed E-state index contributed by atoms with van der Waals surface area (Å²) >= 11 is 0. The highest BCUT2D eigenvalue weighted by Gasteiger charge is 2.04. The standard InChI is InChI=1S/C17H18/c1-4-14-8-5-6-11-17(14)16-10-7-9-15(12-16)13(2)3/h4-13H,1H2,2-3H3. The van der Waals surface area contributed by atoms with Crippen LogP contribution in [0.2, 0.25) is 0 Å². The zero-order chi connectivity index (χ0) is 12.3. The lowest BCUT2D eigenvalue weighted by molar-refractivity contribution is 0.867. The first-order valence-corrected chi connectivity index (χ1v) is 6.04. The molecule has 0 nitrogen and oxygen atoms in total. The van der Waals surface area contributed by atoms with E-state index in [-0.39, 0.29) is 0 Å². The summed E-state index contributed by atoms with van der Waals surface area (Å²) < 4.78 is 0. The predicted octanol–water partition coefficient (Wildman–Crippen LogP) is 5.12. The van der Waals surface area contributed by atoms with Crippen molar-refractivity contribution in [3.05, 3.63) is 66.2 Å². The molecular formula is C17H18. The second-order valence-corrected chi connectivity index (χ2v) is 4.57. The third-order valence-electron chi connectivity index (χ3n) is 3.05. The van der Waals surface area contributed by atoms with Gasteiger partial charge in [-0.2, -0.15) is 0 Å². The molecule has 0 unspecified atom stereocenters. The van der Waals surface area contributed by atoms with Crippen molar-refractivity contribution in [1.82, 2.24) is 0 Å². The quantitative estimate of drug-likeness (QED) is 0.676. The maximum atomic E-state index is 3.87. The molecule has 17 heavy (non-hydrogen) atoms. The smallest absolute Gasteiger partial charge is 0.0112 e. The van der Waals surface area contributed by atoms with Gasteiger partial charge >= 0.3 is 0 Å². The van der Waals surface area contributed by atoms with Crippen LogP contribution in [0.1, 0.15) is 30.9 Å². The van der Waals surface area contributed by atoms with Gasteiger partial charge in [-0.1, -0.05) is 75.0 Å². The first-order valence-electron chi connectivity index (χ1n) is 6.04. The van der Waals surface area contributed by atoms with Crippen LogP contribution >= 0.6 is 0 Å². The molecule has 0 saturated carbocycles. The highest BCUT2D eigenvalue weighted by Crippen LogP contribution is 2.27. The van der Waals surface area contributed by atoms with Gasteiger partial charge in [0.1, 0.15) is 0 Å². The van der Waals surface area contributed by atoms with Crippen LogP contribution in [-0.2, 0) is 0 Å². The van der Waals surface area contributed by atoms with Crippen LogP contribution in [0, 0.1) is 0 Å². The maximum absolute atomic E-state index is 3.87. The fraction of sp³-hybridized carbons (Fsp3) is 0.176. The maximum Gasteiger partial charge on any atom is -0.0112 e. The van der Waals surface area contributed by atoms with Gasteiger partial charge in [0.05, 0.1) is 0 Å². The van der Waals surface area contributed by atoms with Crippen molar-refractivity contribution in [2.75, 3.05) is 0 Å². The molecule has 0 N–H and O–H groups in total. The van der Waals surface area contributed by atoms with Crippen molar-refractivity contribution in [2.24, 2.45) is 0 Å². The number of rotatable bonds is 3. The van der Waals surface area contributed by atoms with Crippen molar-refractivity contribution in [3.63, 3.8) is 0 Å². The summed E-state index contributed by atoms with van der Waals surface area (Å²) in [6.45, 7) is 8.32. The Balaban J connectivity index is 2.52. The Morgan fingerprint density at radius 2 is 1.76 bits per heavy atom. The minimum Gasteiger partial charge on any atom is -0.0984 e. The van der Waals surface area contributed by atoms with Gasteiger partial charge in [-0.15, -0.1) is 0 Å². The number of hydrogen-bond acceptors (Lipinski definition) is 0. The van der Waals surface area contributed by atoms with E-state index in [2.05, 4.69) is 62.9 Å². The zero-order valence-corrected chi connectivity index (χ0v) is 10.5. The first kappa shape index (κ1) is 11.7. The monoisotopic (exact) mass is 222 g/mol. The lowest BCUT2D eigenvalue weighted by Gasteiger charge is -2.10. The number of benzene rings is 2. The van der Waals surface area contributed by atoms with E-state index < -0.39 is 0 Å². The van der Waals surface area contributed by atoms with Gasteiger partial charge in [0.2, 0.25) is 0 Å². The summed E-state index contributed by atoms with van der Waals surface area (Å²) in [4.78, 5) is 0. The number of hydrogen-bond donors (Lipinski definition) is 0. The summed E-state index contributed by atoms with van der Waals surface area (Å²) in [6, 6.07) is 17.1. The van der Waals surface area contributed by atoms with Crippen LogP contribution in [-0.4, -0.2) is 0 Å². The fourth-order valence-corrected chi connectivity index (χ4v) is 2.00. The fourth-order valence-electron chi connectivity index (χ4n) is 2.00. The molecule has 0 aliphatic heterocycles. The Labute approximate surface area is 104 Å². The van der Waals surface area contributed by atoms with Crippen LogP contribution in [0.25, 0.3) is 17.2 Å². The van der Waals surface area contributed by atoms with Crippen LogP contribution in [0.4, 0.5) is 0 Å². The molecule has 0 aromatic heterocycles. The second-order valence-electron chi connectivity index (χ2n) is 4.57. The molecule has 0 amide bonds. The average Bonchev–Trinajstić information content (AvgIpc) is 2.39. The van der Waals surface area contributed by atoms with Gasteiger partial charge in [0.25, 0.3) is 0 Å². The summed E-state index contributed by atoms with van der Waals surface area (Å²) in [7, 11) is 0. The van der Waals surface area contributed by atoms with Gasteiger partial charge in [-0.3, -0.25) is 0 Å². The lowest BCUT2D eigenvalue weighted by atomic mass is 9.95. The van der Waals surface area contributed by atoms with Crippen LogP contribution in [0.3, 0.4) is 0 Å². The van der Waals surface area contributed by atoms with E-state index in [0.717, 1.165) is 0 Å². The predicted molar refractivity (Wildman–Crippen MR) is 76.1 cm³/mol. The van der Waals surface area contributed by atoms with Crippen LogP contribution < -0.4 is 0 Å². The zero-order valence-electron chi connectivity index (χ0n) is 10.5. The molecule has 2 rings (SSSR count). The molecule has 0 bridgehead atoms. The summed E-state index contributed by atoms with van der Waals surface area (Å²) in [5.74, 6) is 0.561. The Morgan fingerprint density at radius 1 is 1.00 bits per heavy atom. The molecule has 0 spiro atoms. The Hall–Kier alpha value is -1.82. The minimum atomic E-state index is 0.561. The highest BCUT2D eigenvalue weighted by molar-refractivity contribution is 5.75. The van der Waals surface area contributed by atoms with E-state index in [1.54, 1.807) is 0 Å². The Bertz CT molecular complexity index is 521. The second kappa shape index (κ2) is 5.01. The van der Waals surface area contributed by atoms with Crippen molar-refractivity contribution in [3.8, 4) is 11.1 Å². The summed E-state index contributed by atoms with van der Waals surface area (Å²) in [6.07, 6.45) is 1.91. The molecule has 0 heteroatoms. The van der Waals surface area contributed by atoms with Gasteiger partial charge in [0, 0.05) is 0 Å². The molecule has 2 aromatic rings. The summed E-state index contributed by atoms with van der Waals surface area (Å²) in [5, 5.41) is 0. The topological polar surface area (TPSA) is 0 Å². The van der Waals surface area contributed by atoms with Gasteiger partial charge in [0.15, 0.2) is 0 Å². The Kier molecular flexibility index (Phi) is 3.43. The minimum absolute atomic E-state index is 0.561. The van der Waals surface area contributed by atoms with Gasteiger partial charge in [-0.25, -0.2) is 0 Å². The van der Waals surface area contributed by atoms with E-state index in [0.29, 0.717) is 5.92 Å². The highest BCUT2D eigenvalue weighted by atomic mass is 14.1. The van der Waals surface area contributed by atoms with E-state index in [1.807, 2.05) is 12.1 Å². The van der Waals surface area contributed by atoms with Crippen molar-refractivity contribution in [1.29, 1.82) is 0 Å².